The Morgan fingerprint density at radius 2 is 1.66 bits per heavy atom. The number of rotatable bonds is 13. The zero-order valence-electron chi connectivity index (χ0n) is 20.0. The number of ether oxygens (including phenoxy) is 3. The number of hydrogen-bond acceptors (Lipinski definition) is 5. The highest BCUT2D eigenvalue weighted by atomic mass is 16.5. The Labute approximate surface area is 205 Å². The van der Waals surface area contributed by atoms with Gasteiger partial charge in [-0.2, -0.15) is 0 Å². The van der Waals surface area contributed by atoms with Gasteiger partial charge in [-0.3, -0.25) is 4.79 Å². The molecule has 1 aromatic heterocycles. The van der Waals surface area contributed by atoms with Gasteiger partial charge in [0, 0.05) is 25.6 Å². The van der Waals surface area contributed by atoms with E-state index >= 15 is 0 Å². The van der Waals surface area contributed by atoms with E-state index in [2.05, 4.69) is 16.0 Å². The van der Waals surface area contributed by atoms with Crippen LogP contribution in [0, 0.1) is 0 Å². The average Bonchev–Trinajstić information content (AvgIpc) is 3.25. The number of para-hydroxylation sites is 3. The van der Waals surface area contributed by atoms with E-state index in [0.29, 0.717) is 25.3 Å². The van der Waals surface area contributed by atoms with Crippen LogP contribution < -0.4 is 19.5 Å². The highest BCUT2D eigenvalue weighted by Gasteiger charge is 2.11. The summed E-state index contributed by atoms with van der Waals surface area (Å²) in [6.07, 6.45) is 2.51. The molecular formula is C28H31N3O4. The van der Waals surface area contributed by atoms with Crippen molar-refractivity contribution < 1.29 is 19.0 Å². The van der Waals surface area contributed by atoms with Crippen LogP contribution in [0.1, 0.15) is 18.7 Å². The highest BCUT2D eigenvalue weighted by Crippen LogP contribution is 2.20. The minimum Gasteiger partial charge on any atom is -0.497 e. The molecule has 7 heteroatoms. The molecule has 0 saturated carbocycles. The summed E-state index contributed by atoms with van der Waals surface area (Å²) in [5.74, 6) is 3.09. The van der Waals surface area contributed by atoms with Gasteiger partial charge in [-0.25, -0.2) is 4.98 Å². The Morgan fingerprint density at radius 3 is 2.51 bits per heavy atom. The molecule has 0 aliphatic heterocycles. The molecule has 7 nitrogen and oxygen atoms in total. The molecule has 182 valence electrons. The Hall–Kier alpha value is -4.00. The van der Waals surface area contributed by atoms with E-state index in [1.165, 1.54) is 0 Å². The molecule has 0 aliphatic carbocycles. The van der Waals surface area contributed by atoms with Crippen LogP contribution in [-0.4, -0.2) is 42.3 Å². The van der Waals surface area contributed by atoms with Gasteiger partial charge in [0.25, 0.3) is 5.91 Å². The van der Waals surface area contributed by atoms with Crippen LogP contribution in [0.5, 0.6) is 17.2 Å². The molecule has 3 aromatic carbocycles. The first-order chi connectivity index (χ1) is 17.2. The molecule has 1 heterocycles. The van der Waals surface area contributed by atoms with Crippen LogP contribution in [0.3, 0.4) is 0 Å². The van der Waals surface area contributed by atoms with Crippen LogP contribution in [0.25, 0.3) is 11.0 Å². The number of amides is 1. The number of carbonyl (C=O) groups excluding carboxylic acids is 1. The Bertz CT molecular complexity index is 1220. The fraction of sp³-hybridized carbons (Fsp3) is 0.286. The van der Waals surface area contributed by atoms with Crippen molar-refractivity contribution in [2.24, 2.45) is 0 Å². The third-order valence-electron chi connectivity index (χ3n) is 5.60. The number of benzene rings is 3. The van der Waals surface area contributed by atoms with Crippen molar-refractivity contribution in [2.75, 3.05) is 26.9 Å². The number of hydrogen-bond donors (Lipinski definition) is 1. The summed E-state index contributed by atoms with van der Waals surface area (Å²) in [4.78, 5) is 17.0. The lowest BCUT2D eigenvalue weighted by Crippen LogP contribution is -2.31. The van der Waals surface area contributed by atoms with Crippen molar-refractivity contribution in [1.29, 1.82) is 0 Å². The quantitative estimate of drug-likeness (QED) is 0.286. The minimum atomic E-state index is -0.147. The molecule has 0 spiro atoms. The first kappa shape index (κ1) is 24.1. The van der Waals surface area contributed by atoms with Gasteiger partial charge in [-0.05, 0) is 49.2 Å². The first-order valence-corrected chi connectivity index (χ1v) is 11.9. The van der Waals surface area contributed by atoms with Crippen LogP contribution in [0.15, 0.2) is 78.9 Å². The summed E-state index contributed by atoms with van der Waals surface area (Å²) in [5, 5.41) is 2.93. The van der Waals surface area contributed by atoms with E-state index in [0.717, 1.165) is 47.7 Å². The summed E-state index contributed by atoms with van der Waals surface area (Å²) < 4.78 is 18.9. The minimum absolute atomic E-state index is 0.00623. The molecule has 4 rings (SSSR count). The number of unbranched alkanes of at least 4 members (excludes halogenated alkanes) is 1. The molecule has 0 fully saturated rings. The van der Waals surface area contributed by atoms with E-state index in [4.69, 9.17) is 19.2 Å². The predicted molar refractivity (Wildman–Crippen MR) is 136 cm³/mol. The largest absolute Gasteiger partial charge is 0.497 e. The van der Waals surface area contributed by atoms with Crippen LogP contribution in [0.2, 0.25) is 0 Å². The SMILES string of the molecule is COc1cccc(OCCCCn2c(CCNC(=O)COc3ccccc3)nc3ccccc32)c1. The number of nitrogens with one attached hydrogen (secondary N) is 1. The second kappa shape index (κ2) is 12.5. The summed E-state index contributed by atoms with van der Waals surface area (Å²) >= 11 is 0. The standard InChI is InChI=1S/C28H31N3O4/c1-33-23-12-9-13-24(20-23)34-19-8-7-18-31-26-15-6-5-14-25(26)30-27(31)16-17-29-28(32)21-35-22-10-3-2-4-11-22/h2-6,9-15,20H,7-8,16-19,21H2,1H3,(H,29,32). The highest BCUT2D eigenvalue weighted by molar-refractivity contribution is 5.77. The Kier molecular flexibility index (Phi) is 8.59. The average molecular weight is 474 g/mol. The molecule has 0 radical (unpaired) electrons. The second-order valence-electron chi connectivity index (χ2n) is 8.10. The summed E-state index contributed by atoms with van der Waals surface area (Å²) in [6.45, 7) is 1.96. The van der Waals surface area contributed by atoms with Crippen molar-refractivity contribution in [3.63, 3.8) is 0 Å². The lowest BCUT2D eigenvalue weighted by atomic mass is 10.2. The van der Waals surface area contributed by atoms with Gasteiger partial charge in [-0.1, -0.05) is 36.4 Å². The maximum Gasteiger partial charge on any atom is 0.257 e. The molecule has 35 heavy (non-hydrogen) atoms. The number of methoxy groups -OCH3 is 1. The maximum absolute atomic E-state index is 12.2. The number of aromatic nitrogens is 2. The van der Waals surface area contributed by atoms with Crippen molar-refractivity contribution in [3.8, 4) is 17.2 Å². The van der Waals surface area contributed by atoms with Crippen molar-refractivity contribution in [1.82, 2.24) is 14.9 Å². The molecular weight excluding hydrogens is 442 g/mol. The third kappa shape index (κ3) is 6.99. The molecule has 1 N–H and O–H groups in total. The zero-order valence-corrected chi connectivity index (χ0v) is 20.0. The van der Waals surface area contributed by atoms with Crippen LogP contribution in [0.4, 0.5) is 0 Å². The molecule has 0 saturated heterocycles. The number of aryl methyl sites for hydroxylation is 1. The smallest absolute Gasteiger partial charge is 0.257 e. The normalized spacial score (nSPS) is 10.8. The second-order valence-corrected chi connectivity index (χ2v) is 8.10. The van der Waals surface area contributed by atoms with E-state index in [1.807, 2.05) is 72.8 Å². The van der Waals surface area contributed by atoms with Crippen LogP contribution in [-0.2, 0) is 17.8 Å². The van der Waals surface area contributed by atoms with Gasteiger partial charge in [0.15, 0.2) is 6.61 Å². The number of carbonyl (C=O) groups is 1. The first-order valence-electron chi connectivity index (χ1n) is 11.9. The van der Waals surface area contributed by atoms with Gasteiger partial charge in [-0.15, -0.1) is 0 Å². The number of fused-ring (bicyclic) bond motifs is 1. The van der Waals surface area contributed by atoms with E-state index in [-0.39, 0.29) is 12.5 Å². The topological polar surface area (TPSA) is 74.6 Å². The fourth-order valence-corrected chi connectivity index (χ4v) is 3.85. The van der Waals surface area contributed by atoms with Gasteiger partial charge >= 0.3 is 0 Å². The van der Waals surface area contributed by atoms with Crippen LogP contribution >= 0.6 is 0 Å². The van der Waals surface area contributed by atoms with E-state index in [9.17, 15) is 4.79 Å². The summed E-state index contributed by atoms with van der Waals surface area (Å²) in [6, 6.07) is 25.1. The molecule has 0 aliphatic rings. The zero-order chi connectivity index (χ0) is 24.3. The maximum atomic E-state index is 12.2. The van der Waals surface area contributed by atoms with Crippen molar-refractivity contribution in [2.45, 2.75) is 25.8 Å². The molecule has 1 amide bonds. The Balaban J connectivity index is 1.26. The summed E-state index contributed by atoms with van der Waals surface area (Å²) in [5.41, 5.74) is 2.07. The van der Waals surface area contributed by atoms with Gasteiger partial charge < -0.3 is 24.1 Å². The molecule has 0 unspecified atom stereocenters. The monoisotopic (exact) mass is 473 g/mol. The van der Waals surface area contributed by atoms with E-state index in [1.54, 1.807) is 7.11 Å². The molecule has 4 aromatic rings. The van der Waals surface area contributed by atoms with Crippen molar-refractivity contribution >= 4 is 16.9 Å². The van der Waals surface area contributed by atoms with Crippen molar-refractivity contribution in [3.05, 3.63) is 84.7 Å². The van der Waals surface area contributed by atoms with E-state index < -0.39 is 0 Å². The van der Waals surface area contributed by atoms with Gasteiger partial charge in [0.2, 0.25) is 0 Å². The molecule has 0 atom stereocenters. The van der Waals surface area contributed by atoms with Gasteiger partial charge in [0.05, 0.1) is 24.8 Å². The summed E-state index contributed by atoms with van der Waals surface area (Å²) in [7, 11) is 1.65. The predicted octanol–water partition coefficient (Wildman–Crippen LogP) is 4.64. The lowest BCUT2D eigenvalue weighted by Gasteiger charge is -2.11. The fourth-order valence-electron chi connectivity index (χ4n) is 3.85. The number of imidazole rings is 1. The number of nitrogens with zero attached hydrogens (tertiary/aromatic N) is 2. The lowest BCUT2D eigenvalue weighted by molar-refractivity contribution is -0.123. The Morgan fingerprint density at radius 1 is 0.886 bits per heavy atom. The van der Waals surface area contributed by atoms with Gasteiger partial charge in [0.1, 0.15) is 23.1 Å². The third-order valence-corrected chi connectivity index (χ3v) is 5.60. The molecule has 0 bridgehead atoms.